The molecule has 1 aliphatic heterocycles. The Morgan fingerprint density at radius 3 is 2.70 bits per heavy atom. The van der Waals surface area contributed by atoms with Crippen LogP contribution in [0.25, 0.3) is 5.69 Å². The van der Waals surface area contributed by atoms with Crippen LogP contribution < -0.4 is 10.9 Å². The third-order valence-corrected chi connectivity index (χ3v) is 7.33. The van der Waals surface area contributed by atoms with E-state index >= 15 is 0 Å². The zero-order valence-electron chi connectivity index (χ0n) is 16.3. The molecule has 1 N–H and O–H groups in total. The van der Waals surface area contributed by atoms with Crippen molar-refractivity contribution in [2.24, 2.45) is 0 Å². The highest BCUT2D eigenvalue weighted by molar-refractivity contribution is 8.00. The molecule has 0 spiro atoms. The largest absolute Gasteiger partial charge is 0.353 e. The fourth-order valence-electron chi connectivity index (χ4n) is 3.79. The summed E-state index contributed by atoms with van der Waals surface area (Å²) in [5, 5.41) is 14.5. The number of nitrogens with one attached hydrogen (secondary N) is 1. The van der Waals surface area contributed by atoms with Crippen LogP contribution in [0.1, 0.15) is 37.8 Å². The van der Waals surface area contributed by atoms with Gasteiger partial charge in [-0.05, 0) is 25.0 Å². The van der Waals surface area contributed by atoms with Crippen molar-refractivity contribution in [2.75, 3.05) is 11.5 Å². The lowest BCUT2D eigenvalue weighted by atomic mass is 9.95. The molecule has 8 nitrogen and oxygen atoms in total. The highest BCUT2D eigenvalue weighted by Crippen LogP contribution is 2.30. The Bertz CT molecular complexity index is 1020. The number of carbonyl (C=O) groups is 1. The quantitative estimate of drug-likeness (QED) is 0.314. The highest BCUT2D eigenvalue weighted by atomic mass is 32.2. The van der Waals surface area contributed by atoms with Gasteiger partial charge in [0.15, 0.2) is 5.16 Å². The topological polar surface area (TPSA) is 107 Å². The lowest BCUT2D eigenvalue weighted by Crippen LogP contribution is -2.37. The monoisotopic (exact) mass is 446 g/mol. The summed E-state index contributed by atoms with van der Waals surface area (Å²) in [6.07, 6.45) is 6.25. The molecule has 30 heavy (non-hydrogen) atoms. The molecule has 10 heteroatoms. The smallest absolute Gasteiger partial charge is 0.272 e. The summed E-state index contributed by atoms with van der Waals surface area (Å²) in [5.41, 5.74) is 1.03. The number of fused-ring (bicyclic) bond motifs is 1. The van der Waals surface area contributed by atoms with Gasteiger partial charge >= 0.3 is 0 Å². The summed E-state index contributed by atoms with van der Waals surface area (Å²) >= 11 is 2.70. The number of carbonyl (C=O) groups excluding carboxylic acids is 1. The number of hydrogen-bond acceptors (Lipinski definition) is 7. The molecule has 0 atom stereocenters. The number of benzene rings is 1. The Hall–Kier alpha value is -2.33. The summed E-state index contributed by atoms with van der Waals surface area (Å²) in [6, 6.07) is 6.05. The van der Waals surface area contributed by atoms with Gasteiger partial charge in [-0.2, -0.15) is 0 Å². The Labute approximate surface area is 182 Å². The van der Waals surface area contributed by atoms with Gasteiger partial charge < -0.3 is 5.32 Å². The minimum atomic E-state index is -0.478. The molecule has 0 saturated heterocycles. The van der Waals surface area contributed by atoms with E-state index in [1.54, 1.807) is 12.1 Å². The van der Waals surface area contributed by atoms with E-state index in [1.807, 2.05) is 0 Å². The zero-order chi connectivity index (χ0) is 21.1. The minimum absolute atomic E-state index is 0.0450. The first-order valence-corrected chi connectivity index (χ1v) is 12.0. The Balaban J connectivity index is 1.58. The van der Waals surface area contributed by atoms with Gasteiger partial charge in [0, 0.05) is 30.3 Å². The standard InChI is InChI=1S/C20H22N4O4S2/c25-17(21-13-4-2-1-3-5-13)12-30-20-22-16-10-11-29-18(16)19(26)23(20)14-6-8-15(9-7-14)24(27)28/h6-9,13H,1-5,10-12H2,(H,21,25). The van der Waals surface area contributed by atoms with Crippen LogP contribution >= 0.6 is 23.5 Å². The van der Waals surface area contributed by atoms with Crippen LogP contribution in [0.5, 0.6) is 0 Å². The van der Waals surface area contributed by atoms with Gasteiger partial charge in [-0.25, -0.2) is 4.98 Å². The van der Waals surface area contributed by atoms with Crippen molar-refractivity contribution in [1.29, 1.82) is 0 Å². The van der Waals surface area contributed by atoms with Crippen LogP contribution in [-0.4, -0.2) is 37.9 Å². The van der Waals surface area contributed by atoms with Crippen LogP contribution in [0.15, 0.2) is 39.1 Å². The molecule has 0 unspecified atom stereocenters. The van der Waals surface area contributed by atoms with E-state index in [0.29, 0.717) is 15.7 Å². The van der Waals surface area contributed by atoms with Crippen molar-refractivity contribution in [3.63, 3.8) is 0 Å². The summed E-state index contributed by atoms with van der Waals surface area (Å²) in [5.74, 6) is 0.905. The van der Waals surface area contributed by atoms with Crippen LogP contribution in [0.4, 0.5) is 5.69 Å². The van der Waals surface area contributed by atoms with E-state index in [-0.39, 0.29) is 28.9 Å². The summed E-state index contributed by atoms with van der Waals surface area (Å²) in [4.78, 5) is 41.3. The molecule has 1 fully saturated rings. The molecule has 1 aromatic heterocycles. The molecule has 2 aliphatic rings. The number of nitrogens with zero attached hydrogens (tertiary/aromatic N) is 3. The van der Waals surface area contributed by atoms with Crippen molar-refractivity contribution in [3.8, 4) is 5.69 Å². The summed E-state index contributed by atoms with van der Waals surface area (Å²) < 4.78 is 1.46. The van der Waals surface area contributed by atoms with Gasteiger partial charge in [0.25, 0.3) is 11.2 Å². The van der Waals surface area contributed by atoms with Crippen LogP contribution in [0, 0.1) is 10.1 Å². The number of nitro benzene ring substituents is 1. The van der Waals surface area contributed by atoms with Gasteiger partial charge in [0.1, 0.15) is 0 Å². The second kappa shape index (κ2) is 9.22. The number of thioether (sulfide) groups is 2. The van der Waals surface area contributed by atoms with Crippen LogP contribution in [0.3, 0.4) is 0 Å². The van der Waals surface area contributed by atoms with Crippen molar-refractivity contribution in [2.45, 2.75) is 54.6 Å². The predicted octanol–water partition coefficient (Wildman–Crippen LogP) is 3.33. The maximum atomic E-state index is 13.1. The van der Waals surface area contributed by atoms with Crippen molar-refractivity contribution in [3.05, 3.63) is 50.4 Å². The molecule has 1 saturated carbocycles. The Kier molecular flexibility index (Phi) is 6.43. The van der Waals surface area contributed by atoms with E-state index in [2.05, 4.69) is 10.3 Å². The Morgan fingerprint density at radius 1 is 1.27 bits per heavy atom. The van der Waals surface area contributed by atoms with Crippen molar-refractivity contribution in [1.82, 2.24) is 14.9 Å². The average Bonchev–Trinajstić information content (AvgIpc) is 3.22. The summed E-state index contributed by atoms with van der Waals surface area (Å²) in [6.45, 7) is 0. The number of aromatic nitrogens is 2. The molecule has 4 rings (SSSR count). The fraction of sp³-hybridized carbons (Fsp3) is 0.450. The number of nitro groups is 1. The molecule has 2 aromatic rings. The number of hydrogen-bond donors (Lipinski definition) is 1. The molecule has 1 aromatic carbocycles. The molecular weight excluding hydrogens is 424 g/mol. The Morgan fingerprint density at radius 2 is 2.00 bits per heavy atom. The fourth-order valence-corrected chi connectivity index (χ4v) is 5.65. The number of non-ortho nitro benzene ring substituents is 1. The normalized spacial score (nSPS) is 16.3. The lowest BCUT2D eigenvalue weighted by molar-refractivity contribution is -0.384. The van der Waals surface area contributed by atoms with E-state index in [4.69, 9.17) is 0 Å². The average molecular weight is 447 g/mol. The van der Waals surface area contributed by atoms with Gasteiger partial charge in [-0.3, -0.25) is 24.3 Å². The second-order valence-corrected chi connectivity index (χ2v) is 9.42. The van der Waals surface area contributed by atoms with Gasteiger partial charge in [0.05, 0.1) is 27.0 Å². The maximum absolute atomic E-state index is 13.1. The molecule has 1 aliphatic carbocycles. The van der Waals surface area contributed by atoms with E-state index in [1.165, 1.54) is 46.6 Å². The molecule has 158 valence electrons. The minimum Gasteiger partial charge on any atom is -0.353 e. The summed E-state index contributed by atoms with van der Waals surface area (Å²) in [7, 11) is 0. The SMILES string of the molecule is O=C(CSc1nc2c(c(=O)n1-c1ccc([N+](=O)[O-])cc1)SCC2)NC1CCCCC1. The first kappa shape index (κ1) is 20.9. The van der Waals surface area contributed by atoms with Gasteiger partial charge in [-0.15, -0.1) is 11.8 Å². The lowest BCUT2D eigenvalue weighted by Gasteiger charge is -2.22. The van der Waals surface area contributed by atoms with Crippen molar-refractivity contribution >= 4 is 35.1 Å². The molecule has 0 radical (unpaired) electrons. The van der Waals surface area contributed by atoms with Crippen LogP contribution in [0.2, 0.25) is 0 Å². The first-order chi connectivity index (χ1) is 14.5. The molecule has 0 bridgehead atoms. The van der Waals surface area contributed by atoms with E-state index in [9.17, 15) is 19.7 Å². The van der Waals surface area contributed by atoms with E-state index in [0.717, 1.165) is 43.6 Å². The molecule has 1 amide bonds. The first-order valence-electron chi connectivity index (χ1n) is 9.98. The predicted molar refractivity (Wildman–Crippen MR) is 117 cm³/mol. The highest BCUT2D eigenvalue weighted by Gasteiger charge is 2.24. The van der Waals surface area contributed by atoms with Gasteiger partial charge in [-0.1, -0.05) is 31.0 Å². The molecular formula is C20H22N4O4S2. The number of rotatable bonds is 6. The molecule has 2 heterocycles. The van der Waals surface area contributed by atoms with Gasteiger partial charge in [0.2, 0.25) is 5.91 Å². The second-order valence-electron chi connectivity index (χ2n) is 7.37. The van der Waals surface area contributed by atoms with E-state index < -0.39 is 4.92 Å². The third kappa shape index (κ3) is 4.54. The number of amides is 1. The zero-order valence-corrected chi connectivity index (χ0v) is 18.0. The third-order valence-electron chi connectivity index (χ3n) is 5.29. The maximum Gasteiger partial charge on any atom is 0.272 e. The number of aryl methyl sites for hydroxylation is 1. The van der Waals surface area contributed by atoms with Crippen molar-refractivity contribution < 1.29 is 9.72 Å². The van der Waals surface area contributed by atoms with Crippen LogP contribution in [-0.2, 0) is 11.2 Å².